The van der Waals surface area contributed by atoms with E-state index in [9.17, 15) is 0 Å². The molecular weight excluding hydrogens is 434 g/mol. The van der Waals surface area contributed by atoms with E-state index >= 15 is 0 Å². The van der Waals surface area contributed by atoms with E-state index in [1.807, 2.05) is 12.1 Å². The minimum absolute atomic E-state index is 0.589. The lowest BCUT2D eigenvalue weighted by atomic mass is 9.77. The molecule has 4 rings (SSSR count). The summed E-state index contributed by atoms with van der Waals surface area (Å²) in [4.78, 5) is 0. The molecule has 1 nitrogen and oxygen atoms in total. The number of hydrogen-bond acceptors (Lipinski definition) is 1. The lowest BCUT2D eigenvalue weighted by Crippen LogP contribution is -2.13. The lowest BCUT2D eigenvalue weighted by Gasteiger charge is -2.29. The van der Waals surface area contributed by atoms with E-state index in [2.05, 4.69) is 61.5 Å². The van der Waals surface area contributed by atoms with Crippen molar-refractivity contribution in [3.8, 4) is 17.2 Å². The number of hydrogen-bond donors (Lipinski definition) is 0. The molecule has 0 amide bonds. The van der Waals surface area contributed by atoms with Gasteiger partial charge in [0.05, 0.1) is 11.6 Å². The molecule has 0 aliphatic heterocycles. The van der Waals surface area contributed by atoms with Crippen LogP contribution in [0.4, 0.5) is 0 Å². The van der Waals surface area contributed by atoms with Gasteiger partial charge in [0.1, 0.15) is 0 Å². The first-order chi connectivity index (χ1) is 16.7. The minimum atomic E-state index is 0.589. The Kier molecular flexibility index (Phi) is 8.84. The summed E-state index contributed by atoms with van der Waals surface area (Å²) in [5.74, 6) is 1.74. The third-order valence-corrected chi connectivity index (χ3v) is 7.89. The molecule has 0 atom stereocenters. The molecule has 0 heterocycles. The van der Waals surface area contributed by atoms with Gasteiger partial charge in [-0.05, 0) is 84.7 Å². The first kappa shape index (κ1) is 24.6. The van der Waals surface area contributed by atoms with Crippen molar-refractivity contribution >= 4 is 11.6 Å². The third-order valence-electron chi connectivity index (χ3n) is 7.58. The van der Waals surface area contributed by atoms with Crippen LogP contribution in [-0.2, 0) is 12.8 Å². The van der Waals surface area contributed by atoms with E-state index in [-0.39, 0.29) is 0 Å². The zero-order chi connectivity index (χ0) is 23.8. The number of halogens is 1. The number of aryl methyl sites for hydroxylation is 2. The van der Waals surface area contributed by atoms with Gasteiger partial charge in [0.25, 0.3) is 0 Å². The monoisotopic (exact) mass is 469 g/mol. The summed E-state index contributed by atoms with van der Waals surface area (Å²) >= 11 is 6.37. The van der Waals surface area contributed by atoms with Gasteiger partial charge < -0.3 is 0 Å². The fraction of sp³-hybridized carbons (Fsp3) is 0.406. The fourth-order valence-electron chi connectivity index (χ4n) is 5.38. The lowest BCUT2D eigenvalue weighted by molar-refractivity contribution is 0.303. The van der Waals surface area contributed by atoms with Crippen LogP contribution in [0, 0.1) is 17.2 Å². The van der Waals surface area contributed by atoms with Gasteiger partial charge in [0.2, 0.25) is 0 Å². The number of nitrogens with zero attached hydrogens (tertiary/aromatic N) is 1. The maximum atomic E-state index is 9.03. The molecule has 3 aromatic carbocycles. The van der Waals surface area contributed by atoms with E-state index < -0.39 is 0 Å². The van der Waals surface area contributed by atoms with Gasteiger partial charge in [-0.1, -0.05) is 98.8 Å². The molecule has 0 unspecified atom stereocenters. The van der Waals surface area contributed by atoms with Crippen molar-refractivity contribution in [1.82, 2.24) is 0 Å². The van der Waals surface area contributed by atoms with Gasteiger partial charge in [0, 0.05) is 10.6 Å². The quantitative estimate of drug-likeness (QED) is 0.286. The average Bonchev–Trinajstić information content (AvgIpc) is 2.89. The summed E-state index contributed by atoms with van der Waals surface area (Å²) in [6.07, 6.45) is 13.3. The fourth-order valence-corrected chi connectivity index (χ4v) is 5.67. The van der Waals surface area contributed by atoms with Crippen LogP contribution in [0.15, 0.2) is 66.7 Å². The highest BCUT2D eigenvalue weighted by Gasteiger charge is 2.21. The second-order valence-electron chi connectivity index (χ2n) is 9.96. The van der Waals surface area contributed by atoms with Crippen molar-refractivity contribution in [3.63, 3.8) is 0 Å². The number of unbranched alkanes of at least 4 members (excludes halogenated alkanes) is 2. The summed E-state index contributed by atoms with van der Waals surface area (Å²) in [6.45, 7) is 2.30. The molecule has 1 fully saturated rings. The van der Waals surface area contributed by atoms with Crippen LogP contribution in [0.2, 0.25) is 5.02 Å². The molecule has 1 saturated carbocycles. The van der Waals surface area contributed by atoms with Gasteiger partial charge in [-0.15, -0.1) is 0 Å². The van der Waals surface area contributed by atoms with E-state index in [1.54, 1.807) is 11.6 Å². The van der Waals surface area contributed by atoms with Crippen molar-refractivity contribution in [1.29, 1.82) is 5.26 Å². The van der Waals surface area contributed by atoms with Crippen molar-refractivity contribution < 1.29 is 0 Å². The van der Waals surface area contributed by atoms with Gasteiger partial charge in [-0.25, -0.2) is 0 Å². The second kappa shape index (κ2) is 12.2. The molecule has 0 aromatic heterocycles. The molecule has 1 aliphatic rings. The molecule has 34 heavy (non-hydrogen) atoms. The van der Waals surface area contributed by atoms with Gasteiger partial charge >= 0.3 is 0 Å². The highest BCUT2D eigenvalue weighted by Crippen LogP contribution is 2.38. The summed E-state index contributed by atoms with van der Waals surface area (Å²) in [5.41, 5.74) is 6.93. The molecule has 0 radical (unpaired) electrons. The molecule has 2 heteroatoms. The Labute approximate surface area is 210 Å². The second-order valence-corrected chi connectivity index (χ2v) is 10.4. The van der Waals surface area contributed by atoms with Crippen LogP contribution in [0.3, 0.4) is 0 Å². The van der Waals surface area contributed by atoms with Crippen LogP contribution in [0.1, 0.15) is 86.5 Å². The minimum Gasteiger partial charge on any atom is -0.192 e. The Morgan fingerprint density at radius 1 is 0.824 bits per heavy atom. The Morgan fingerprint density at radius 3 is 2.06 bits per heavy atom. The zero-order valence-corrected chi connectivity index (χ0v) is 21.2. The van der Waals surface area contributed by atoms with Crippen LogP contribution >= 0.6 is 11.6 Å². The first-order valence-electron chi connectivity index (χ1n) is 13.0. The Morgan fingerprint density at radius 2 is 1.47 bits per heavy atom. The average molecular weight is 470 g/mol. The Balaban J connectivity index is 1.27. The Bertz CT molecular complexity index is 1080. The van der Waals surface area contributed by atoms with Crippen LogP contribution in [0.5, 0.6) is 0 Å². The van der Waals surface area contributed by atoms with E-state index in [0.29, 0.717) is 10.6 Å². The predicted molar refractivity (Wildman–Crippen MR) is 144 cm³/mol. The standard InChI is InChI=1S/C32H36ClN/c1-2-3-4-5-24-8-15-28(16-9-24)29-17-10-25(11-18-29)6-7-26-12-19-30(20-13-26)31-21-14-27(23-34)22-32(31)33/h10-14,17-22,24,28H,2-9,15-16H2,1H3/t24-,28-. The van der Waals surface area contributed by atoms with E-state index in [1.165, 1.54) is 62.5 Å². The van der Waals surface area contributed by atoms with E-state index in [4.69, 9.17) is 16.9 Å². The van der Waals surface area contributed by atoms with Crippen molar-refractivity contribution in [2.75, 3.05) is 0 Å². The topological polar surface area (TPSA) is 23.8 Å². The molecule has 176 valence electrons. The van der Waals surface area contributed by atoms with Gasteiger partial charge in [0.15, 0.2) is 0 Å². The summed E-state index contributed by atoms with van der Waals surface area (Å²) < 4.78 is 0. The zero-order valence-electron chi connectivity index (χ0n) is 20.4. The molecule has 3 aromatic rings. The van der Waals surface area contributed by atoms with Crippen LogP contribution < -0.4 is 0 Å². The number of rotatable bonds is 9. The predicted octanol–water partition coefficient (Wildman–Crippen LogP) is 9.52. The maximum absolute atomic E-state index is 9.03. The van der Waals surface area contributed by atoms with Crippen molar-refractivity contribution in [3.05, 3.63) is 94.0 Å². The largest absolute Gasteiger partial charge is 0.192 e. The van der Waals surface area contributed by atoms with Gasteiger partial charge in [-0.3, -0.25) is 0 Å². The van der Waals surface area contributed by atoms with Gasteiger partial charge in [-0.2, -0.15) is 5.26 Å². The normalized spacial score (nSPS) is 17.9. The summed E-state index contributed by atoms with van der Waals surface area (Å²) in [7, 11) is 0. The summed E-state index contributed by atoms with van der Waals surface area (Å²) in [5, 5.41) is 9.65. The molecule has 1 aliphatic carbocycles. The van der Waals surface area contributed by atoms with Crippen LogP contribution in [0.25, 0.3) is 11.1 Å². The van der Waals surface area contributed by atoms with Crippen molar-refractivity contribution in [2.45, 2.75) is 77.0 Å². The van der Waals surface area contributed by atoms with E-state index in [0.717, 1.165) is 35.8 Å². The maximum Gasteiger partial charge on any atom is 0.0992 e. The molecule has 0 bridgehead atoms. The SMILES string of the molecule is CCCCC[C@H]1CC[C@H](c2ccc(CCc3ccc(-c4ccc(C#N)cc4Cl)cc3)cc2)CC1. The Hall–Kier alpha value is -2.56. The molecule has 0 spiro atoms. The number of benzene rings is 3. The number of nitriles is 1. The molecular formula is C32H36ClN. The summed E-state index contributed by atoms with van der Waals surface area (Å²) in [6, 6.07) is 25.7. The third kappa shape index (κ3) is 6.52. The van der Waals surface area contributed by atoms with Crippen molar-refractivity contribution in [2.24, 2.45) is 5.92 Å². The first-order valence-corrected chi connectivity index (χ1v) is 13.4. The van der Waals surface area contributed by atoms with Crippen LogP contribution in [-0.4, -0.2) is 0 Å². The smallest absolute Gasteiger partial charge is 0.0992 e. The highest BCUT2D eigenvalue weighted by molar-refractivity contribution is 6.33. The molecule has 0 N–H and O–H groups in total. The molecule has 0 saturated heterocycles. The highest BCUT2D eigenvalue weighted by atomic mass is 35.5.